The second-order valence-corrected chi connectivity index (χ2v) is 13.1. The van der Waals surface area contributed by atoms with E-state index in [9.17, 15) is 0 Å². The van der Waals surface area contributed by atoms with E-state index in [-0.39, 0.29) is 0 Å². The molecule has 0 saturated heterocycles. The van der Waals surface area contributed by atoms with Gasteiger partial charge >= 0.3 is 0 Å². The van der Waals surface area contributed by atoms with E-state index in [1.807, 2.05) is 27.7 Å². The Balaban J connectivity index is 0.00000129. The predicted molar refractivity (Wildman–Crippen MR) is 171 cm³/mol. The van der Waals surface area contributed by atoms with Gasteiger partial charge in [-0.1, -0.05) is 74.3 Å². The van der Waals surface area contributed by atoms with Crippen molar-refractivity contribution in [3.05, 3.63) is 25.3 Å². The lowest BCUT2D eigenvalue weighted by atomic mass is 9.42. The van der Waals surface area contributed by atoms with E-state index in [1.165, 1.54) is 69.8 Å². The van der Waals surface area contributed by atoms with Crippen LogP contribution >= 0.6 is 0 Å². The molecule has 0 aromatic rings. The summed E-state index contributed by atoms with van der Waals surface area (Å²) < 4.78 is 0. The fraction of sp³-hybridized carbons (Fsp3) is 0.838. The van der Waals surface area contributed by atoms with Gasteiger partial charge in [0.1, 0.15) is 0 Å². The van der Waals surface area contributed by atoms with E-state index in [1.54, 1.807) is 6.92 Å². The molecule has 4 rings (SSSR count). The monoisotopic (exact) mass is 513 g/mol. The molecule has 0 heteroatoms. The van der Waals surface area contributed by atoms with Crippen LogP contribution in [-0.2, 0) is 0 Å². The molecule has 37 heavy (non-hydrogen) atoms. The third-order valence-corrected chi connectivity index (χ3v) is 11.1. The molecule has 0 N–H and O–H groups in total. The van der Waals surface area contributed by atoms with E-state index in [0.717, 1.165) is 47.3 Å². The van der Waals surface area contributed by atoms with Crippen molar-refractivity contribution < 1.29 is 0 Å². The summed E-state index contributed by atoms with van der Waals surface area (Å²) in [6, 6.07) is 0. The number of fused-ring (bicyclic) bond motifs is 5. The molecule has 4 aliphatic rings. The summed E-state index contributed by atoms with van der Waals surface area (Å²) in [5, 5.41) is 0. The third-order valence-electron chi connectivity index (χ3n) is 11.1. The smallest absolute Gasteiger partial charge is 0.00297 e. The van der Waals surface area contributed by atoms with Gasteiger partial charge in [-0.05, 0) is 130 Å². The van der Waals surface area contributed by atoms with Crippen molar-refractivity contribution in [3.63, 3.8) is 0 Å². The highest BCUT2D eigenvalue weighted by Gasteiger charge is 2.61. The molecule has 0 nitrogen and oxygen atoms in total. The topological polar surface area (TPSA) is 0 Å². The summed E-state index contributed by atoms with van der Waals surface area (Å²) in [5.41, 5.74) is 2.66. The van der Waals surface area contributed by atoms with Gasteiger partial charge in [0.05, 0.1) is 0 Å². The quantitative estimate of drug-likeness (QED) is 0.259. The highest BCUT2D eigenvalue weighted by Crippen LogP contribution is 2.69. The van der Waals surface area contributed by atoms with Crippen LogP contribution in [0.15, 0.2) is 25.3 Å². The van der Waals surface area contributed by atoms with Crippen molar-refractivity contribution in [1.82, 2.24) is 0 Å². The van der Waals surface area contributed by atoms with Crippen molar-refractivity contribution in [3.8, 4) is 12.3 Å². The minimum absolute atomic E-state index is 0.620. The Bertz CT molecular complexity index is 681. The first kappa shape index (κ1) is 36.0. The average molecular weight is 513 g/mol. The Morgan fingerprint density at radius 1 is 0.919 bits per heavy atom. The molecule has 0 bridgehead atoms. The number of terminal acetylenes is 1. The zero-order chi connectivity index (χ0) is 29.0. The number of hydrogen-bond acceptors (Lipinski definition) is 0. The fourth-order valence-corrected chi connectivity index (χ4v) is 9.50. The average Bonchev–Trinajstić information content (AvgIpc) is 3.25. The standard InChI is InChI=1S/C28H48.C3H4.2C2H6.C2H4/c1-18(2)8-9-20(4)23-10-11-24-26-21(5)17-22-16-19(3)12-14-27(22,6)25(26)13-15-28(23,24)7;1-3-2;3*1-2/h19-26H,1,8-17H2,2-7H3;1H,2H3;2*1-2H3;1-2H2. The van der Waals surface area contributed by atoms with Crippen LogP contribution in [-0.4, -0.2) is 0 Å². The molecule has 0 radical (unpaired) electrons. The second-order valence-electron chi connectivity index (χ2n) is 13.1. The molecular weight excluding hydrogens is 444 g/mol. The molecule has 0 aliphatic heterocycles. The van der Waals surface area contributed by atoms with Crippen LogP contribution in [0.5, 0.6) is 0 Å². The van der Waals surface area contributed by atoms with Gasteiger partial charge in [0.15, 0.2) is 0 Å². The third kappa shape index (κ3) is 8.02. The first-order chi connectivity index (χ1) is 17.6. The Kier molecular flexibility index (Phi) is 16.4. The Morgan fingerprint density at radius 2 is 1.43 bits per heavy atom. The van der Waals surface area contributed by atoms with Crippen LogP contribution < -0.4 is 0 Å². The summed E-state index contributed by atoms with van der Waals surface area (Å²) in [7, 11) is 0. The van der Waals surface area contributed by atoms with Gasteiger partial charge in [0.2, 0.25) is 0 Å². The molecule has 4 aliphatic carbocycles. The van der Waals surface area contributed by atoms with Crippen LogP contribution in [0.3, 0.4) is 0 Å². The lowest BCUT2D eigenvalue weighted by molar-refractivity contribution is -0.142. The SMILES string of the molecule is C#CC.C=C.C=C(C)CCC(C)C1CCC2C3C(C)CC4CC(C)CCC4(C)C3CCC12C.CC.CC. The van der Waals surface area contributed by atoms with Crippen molar-refractivity contribution >= 4 is 0 Å². The Labute approximate surface area is 235 Å². The van der Waals surface area contributed by atoms with Gasteiger partial charge in [-0.3, -0.25) is 0 Å². The van der Waals surface area contributed by atoms with Gasteiger partial charge in [-0.25, -0.2) is 0 Å². The predicted octanol–water partition coefficient (Wildman–Crippen LogP) is 12.0. The molecule has 10 unspecified atom stereocenters. The molecule has 0 aromatic heterocycles. The minimum Gasteiger partial charge on any atom is -0.120 e. The zero-order valence-electron chi connectivity index (χ0n) is 27.4. The lowest BCUT2D eigenvalue weighted by Crippen LogP contribution is -2.56. The maximum absolute atomic E-state index is 4.60. The van der Waals surface area contributed by atoms with Gasteiger partial charge in [0.25, 0.3) is 0 Å². The van der Waals surface area contributed by atoms with Crippen LogP contribution in [0.4, 0.5) is 0 Å². The van der Waals surface area contributed by atoms with Crippen LogP contribution in [0.25, 0.3) is 0 Å². The molecule has 10 atom stereocenters. The van der Waals surface area contributed by atoms with Gasteiger partial charge in [-0.15, -0.1) is 32.1 Å². The lowest BCUT2D eigenvalue weighted by Gasteiger charge is -2.63. The first-order valence-electron chi connectivity index (χ1n) is 16.1. The van der Waals surface area contributed by atoms with Crippen LogP contribution in [0, 0.1) is 70.5 Å². The van der Waals surface area contributed by atoms with Crippen molar-refractivity contribution in [2.45, 2.75) is 140 Å². The molecule has 0 heterocycles. The summed E-state index contributed by atoms with van der Waals surface area (Å²) >= 11 is 0. The number of rotatable bonds is 4. The zero-order valence-corrected chi connectivity index (χ0v) is 27.4. The van der Waals surface area contributed by atoms with Gasteiger partial charge < -0.3 is 0 Å². The van der Waals surface area contributed by atoms with E-state index in [2.05, 4.69) is 73.6 Å². The fourth-order valence-electron chi connectivity index (χ4n) is 9.50. The molecule has 216 valence electrons. The largest absolute Gasteiger partial charge is 0.120 e. The Morgan fingerprint density at radius 3 is 1.97 bits per heavy atom. The summed E-state index contributed by atoms with van der Waals surface area (Å²) in [6.07, 6.45) is 19.4. The molecule has 0 spiro atoms. The second kappa shape index (κ2) is 16.9. The normalized spacial score (nSPS) is 39.8. The van der Waals surface area contributed by atoms with Crippen molar-refractivity contribution in [2.75, 3.05) is 0 Å². The molecule has 0 amide bonds. The van der Waals surface area contributed by atoms with E-state index in [0.29, 0.717) is 10.8 Å². The summed E-state index contributed by atoms with van der Waals surface area (Å²) in [4.78, 5) is 0. The highest BCUT2D eigenvalue weighted by molar-refractivity contribution is 5.11. The maximum Gasteiger partial charge on any atom is -0.00297 e. The first-order valence-corrected chi connectivity index (χ1v) is 16.1. The number of hydrogen-bond donors (Lipinski definition) is 0. The molecule has 4 fully saturated rings. The Hall–Kier alpha value is -0.960. The van der Waals surface area contributed by atoms with E-state index >= 15 is 0 Å². The van der Waals surface area contributed by atoms with Crippen molar-refractivity contribution in [2.24, 2.45) is 58.2 Å². The van der Waals surface area contributed by atoms with Crippen LogP contribution in [0.1, 0.15) is 140 Å². The number of allylic oxidation sites excluding steroid dienone is 1. The van der Waals surface area contributed by atoms with Gasteiger partial charge in [-0.2, -0.15) is 0 Å². The molecule has 0 aromatic carbocycles. The van der Waals surface area contributed by atoms with E-state index in [4.69, 9.17) is 0 Å². The van der Waals surface area contributed by atoms with Gasteiger partial charge in [0, 0.05) is 0 Å². The van der Waals surface area contributed by atoms with Crippen molar-refractivity contribution in [1.29, 1.82) is 0 Å². The summed E-state index contributed by atoms with van der Waals surface area (Å²) in [5.74, 6) is 10.1. The molecular formula is C37H68. The maximum atomic E-state index is 4.60. The van der Waals surface area contributed by atoms with Crippen LogP contribution in [0.2, 0.25) is 0 Å². The van der Waals surface area contributed by atoms with E-state index < -0.39 is 0 Å². The summed E-state index contributed by atoms with van der Waals surface area (Å²) in [6.45, 7) is 35.2. The minimum atomic E-state index is 0.620. The highest BCUT2D eigenvalue weighted by atomic mass is 14.7. The molecule has 4 saturated carbocycles.